The summed E-state index contributed by atoms with van der Waals surface area (Å²) in [6.07, 6.45) is 21.1. The van der Waals surface area contributed by atoms with Gasteiger partial charge in [0.25, 0.3) is 0 Å². The lowest BCUT2D eigenvalue weighted by atomic mass is 9.68. The van der Waals surface area contributed by atoms with Gasteiger partial charge in [-0.15, -0.1) is 0 Å². The summed E-state index contributed by atoms with van der Waals surface area (Å²) in [5, 5.41) is 8.80. The van der Waals surface area contributed by atoms with Gasteiger partial charge in [0.15, 0.2) is 0 Å². The third kappa shape index (κ3) is 6.40. The molecule has 2 aliphatic rings. The number of hydrogen-bond donors (Lipinski definition) is 0. The van der Waals surface area contributed by atoms with Gasteiger partial charge >= 0.3 is 0 Å². The zero-order valence-electron chi connectivity index (χ0n) is 18.5. The molecule has 3 rings (SSSR count). The normalized spacial score (nSPS) is 27.3. The van der Waals surface area contributed by atoms with E-state index in [1.807, 2.05) is 0 Å². The van der Waals surface area contributed by atoms with Crippen molar-refractivity contribution in [2.24, 2.45) is 23.7 Å². The van der Waals surface area contributed by atoms with Crippen molar-refractivity contribution in [3.8, 4) is 6.07 Å². The maximum atomic E-state index is 13.8. The third-order valence-electron chi connectivity index (χ3n) is 7.56. The molecule has 0 heterocycles. The molecule has 2 saturated carbocycles. The molecule has 0 bridgehead atoms. The lowest BCUT2D eigenvalue weighted by Gasteiger charge is -2.37. The summed E-state index contributed by atoms with van der Waals surface area (Å²) in [5.74, 6) is 1.81. The minimum atomic E-state index is -0.730. The van der Waals surface area contributed by atoms with Crippen LogP contribution in [0.1, 0.15) is 95.1 Å². The molecule has 30 heavy (non-hydrogen) atoms. The second-order valence-electron chi connectivity index (χ2n) is 9.61. The Balaban J connectivity index is 1.37. The summed E-state index contributed by atoms with van der Waals surface area (Å²) in [5.41, 5.74) is 0.210. The van der Waals surface area contributed by atoms with Crippen LogP contribution < -0.4 is 0 Å². The molecule has 1 aromatic rings. The quantitative estimate of drug-likeness (QED) is 0.312. The number of aryl methyl sites for hydroxylation is 1. The molecule has 0 aliphatic heterocycles. The zero-order chi connectivity index (χ0) is 21.3. The van der Waals surface area contributed by atoms with E-state index in [4.69, 9.17) is 5.26 Å². The van der Waals surface area contributed by atoms with Crippen molar-refractivity contribution >= 4 is 0 Å². The Morgan fingerprint density at radius 3 is 2.13 bits per heavy atom. The van der Waals surface area contributed by atoms with Crippen LogP contribution in [0.5, 0.6) is 0 Å². The van der Waals surface area contributed by atoms with Gasteiger partial charge < -0.3 is 0 Å². The number of nitrogens with zero attached hydrogens (tertiary/aromatic N) is 1. The highest BCUT2D eigenvalue weighted by Gasteiger charge is 2.30. The third-order valence-corrected chi connectivity index (χ3v) is 7.56. The van der Waals surface area contributed by atoms with Crippen LogP contribution in [0.4, 0.5) is 8.78 Å². The molecule has 1 nitrogen and oxygen atoms in total. The van der Waals surface area contributed by atoms with Crippen molar-refractivity contribution in [3.05, 3.63) is 47.0 Å². The molecule has 0 saturated heterocycles. The Labute approximate surface area is 181 Å². The number of allylic oxidation sites excluding steroid dienone is 2. The summed E-state index contributed by atoms with van der Waals surface area (Å²) in [6.45, 7) is 2.25. The van der Waals surface area contributed by atoms with Crippen LogP contribution in [0.15, 0.2) is 24.3 Å². The lowest BCUT2D eigenvalue weighted by molar-refractivity contribution is 0.152. The standard InChI is InChI=1S/C27H37F2N/c1-2-3-4-5-6-20-9-13-23(14-10-20)24-15-11-21(12-16-24)7-8-22-17-26(28)25(19-30)27(29)18-22/h5-6,17-18,20-21,23-24H,2-4,7-16H2,1H3/b6-5+. The van der Waals surface area contributed by atoms with Crippen LogP contribution in [0, 0.1) is 46.6 Å². The molecule has 1 aromatic carbocycles. The second-order valence-corrected chi connectivity index (χ2v) is 9.61. The number of hydrogen-bond acceptors (Lipinski definition) is 1. The number of unbranched alkanes of at least 4 members (excludes halogenated alkanes) is 2. The lowest BCUT2D eigenvalue weighted by Crippen LogP contribution is -2.25. The van der Waals surface area contributed by atoms with Crippen LogP contribution in [0.3, 0.4) is 0 Å². The van der Waals surface area contributed by atoms with Crippen LogP contribution in [-0.2, 0) is 6.42 Å². The van der Waals surface area contributed by atoms with Crippen molar-refractivity contribution in [2.75, 3.05) is 0 Å². The van der Waals surface area contributed by atoms with Gasteiger partial charge in [-0.1, -0.05) is 44.8 Å². The zero-order valence-corrected chi connectivity index (χ0v) is 18.5. The minimum absolute atomic E-state index is 0.467. The topological polar surface area (TPSA) is 23.8 Å². The summed E-state index contributed by atoms with van der Waals surface area (Å²) < 4.78 is 27.6. The fraction of sp³-hybridized carbons (Fsp3) is 0.667. The average Bonchev–Trinajstić information content (AvgIpc) is 2.76. The van der Waals surface area contributed by atoms with Crippen molar-refractivity contribution in [2.45, 2.75) is 90.4 Å². The van der Waals surface area contributed by atoms with Crippen molar-refractivity contribution in [1.82, 2.24) is 0 Å². The number of halogens is 2. The van der Waals surface area contributed by atoms with Crippen molar-refractivity contribution in [3.63, 3.8) is 0 Å². The van der Waals surface area contributed by atoms with E-state index < -0.39 is 17.2 Å². The Kier molecular flexibility index (Phi) is 8.91. The summed E-state index contributed by atoms with van der Waals surface area (Å²) in [6, 6.07) is 4.27. The monoisotopic (exact) mass is 413 g/mol. The van der Waals surface area contributed by atoms with Crippen molar-refractivity contribution in [1.29, 1.82) is 5.26 Å². The number of benzene rings is 1. The first-order valence-corrected chi connectivity index (χ1v) is 12.1. The van der Waals surface area contributed by atoms with E-state index in [0.29, 0.717) is 17.9 Å². The number of nitriles is 1. The molecule has 0 spiro atoms. The van der Waals surface area contributed by atoms with E-state index in [1.54, 1.807) is 6.07 Å². The highest BCUT2D eigenvalue weighted by molar-refractivity contribution is 5.35. The van der Waals surface area contributed by atoms with Gasteiger partial charge in [-0.3, -0.25) is 0 Å². The summed E-state index contributed by atoms with van der Waals surface area (Å²) in [4.78, 5) is 0. The summed E-state index contributed by atoms with van der Waals surface area (Å²) in [7, 11) is 0. The fourth-order valence-electron chi connectivity index (χ4n) is 5.62. The average molecular weight is 414 g/mol. The highest BCUT2D eigenvalue weighted by atomic mass is 19.1. The van der Waals surface area contributed by atoms with Gasteiger partial charge in [0, 0.05) is 0 Å². The first-order chi connectivity index (χ1) is 14.6. The van der Waals surface area contributed by atoms with Gasteiger partial charge in [-0.2, -0.15) is 5.26 Å². The molecular weight excluding hydrogens is 376 g/mol. The molecule has 2 fully saturated rings. The fourth-order valence-corrected chi connectivity index (χ4v) is 5.62. The van der Waals surface area contributed by atoms with E-state index in [1.165, 1.54) is 82.8 Å². The molecule has 0 unspecified atom stereocenters. The van der Waals surface area contributed by atoms with Crippen LogP contribution in [0.2, 0.25) is 0 Å². The predicted molar refractivity (Wildman–Crippen MR) is 119 cm³/mol. The molecule has 0 N–H and O–H groups in total. The SMILES string of the molecule is CCCC/C=C/C1CCC(C2CCC(CCc3cc(F)c(C#N)c(F)c3)CC2)CC1. The van der Waals surface area contributed by atoms with Gasteiger partial charge in [-0.25, -0.2) is 8.78 Å². The van der Waals surface area contributed by atoms with Gasteiger partial charge in [0.05, 0.1) is 0 Å². The maximum absolute atomic E-state index is 13.8. The van der Waals surface area contributed by atoms with Gasteiger partial charge in [0.2, 0.25) is 0 Å². The van der Waals surface area contributed by atoms with E-state index >= 15 is 0 Å². The van der Waals surface area contributed by atoms with Gasteiger partial charge in [-0.05, 0) is 99.2 Å². The smallest absolute Gasteiger partial charge is 0.144 e. The Hall–Kier alpha value is -1.69. The molecule has 0 amide bonds. The van der Waals surface area contributed by atoms with Crippen LogP contribution in [-0.4, -0.2) is 0 Å². The van der Waals surface area contributed by atoms with Crippen LogP contribution >= 0.6 is 0 Å². The Bertz CT molecular complexity index is 709. The molecule has 2 aliphatic carbocycles. The van der Waals surface area contributed by atoms with Crippen LogP contribution in [0.25, 0.3) is 0 Å². The van der Waals surface area contributed by atoms with E-state index in [0.717, 1.165) is 24.2 Å². The van der Waals surface area contributed by atoms with Crippen molar-refractivity contribution < 1.29 is 8.78 Å². The number of rotatable bonds is 8. The first kappa shape index (κ1) is 23.0. The molecule has 0 aromatic heterocycles. The predicted octanol–water partition coefficient (Wildman–Crippen LogP) is 8.13. The first-order valence-electron chi connectivity index (χ1n) is 12.1. The van der Waals surface area contributed by atoms with E-state index in [2.05, 4.69) is 19.1 Å². The Morgan fingerprint density at radius 2 is 1.57 bits per heavy atom. The largest absolute Gasteiger partial charge is 0.205 e. The molecule has 3 heteroatoms. The van der Waals surface area contributed by atoms with E-state index in [9.17, 15) is 8.78 Å². The maximum Gasteiger partial charge on any atom is 0.144 e. The minimum Gasteiger partial charge on any atom is -0.205 e. The Morgan fingerprint density at radius 1 is 0.967 bits per heavy atom. The molecule has 0 radical (unpaired) electrons. The molecule has 0 atom stereocenters. The summed E-state index contributed by atoms with van der Waals surface area (Å²) >= 11 is 0. The van der Waals surface area contributed by atoms with Gasteiger partial charge in [0.1, 0.15) is 23.3 Å². The van der Waals surface area contributed by atoms with E-state index in [-0.39, 0.29) is 0 Å². The highest BCUT2D eigenvalue weighted by Crippen LogP contribution is 2.42. The molecule has 164 valence electrons. The molecular formula is C27H37F2N. The second kappa shape index (κ2) is 11.6.